The number of hydrogen-bond acceptors (Lipinski definition) is 1. The zero-order valence-corrected chi connectivity index (χ0v) is 13.9. The van der Waals surface area contributed by atoms with Gasteiger partial charge in [-0.05, 0) is 24.3 Å². The Morgan fingerprint density at radius 2 is 1.71 bits per heavy atom. The maximum atomic E-state index is 12.8. The minimum atomic E-state index is -4.30. The fourth-order valence-electron chi connectivity index (χ4n) is 3.05. The van der Waals surface area contributed by atoms with Gasteiger partial charge in [0.15, 0.2) is 0 Å². The summed E-state index contributed by atoms with van der Waals surface area (Å²) in [5.41, 5.74) is 1.16. The summed E-state index contributed by atoms with van der Waals surface area (Å²) in [7, 11) is 0. The molecule has 0 bridgehead atoms. The van der Waals surface area contributed by atoms with E-state index in [4.69, 9.17) is 11.6 Å². The van der Waals surface area contributed by atoms with E-state index in [1.165, 1.54) is 17.0 Å². The molecule has 0 saturated carbocycles. The van der Waals surface area contributed by atoms with Crippen LogP contribution in [0.5, 0.6) is 0 Å². The van der Waals surface area contributed by atoms with Crippen LogP contribution in [0.1, 0.15) is 11.1 Å². The normalized spacial score (nSPS) is 16.4. The van der Waals surface area contributed by atoms with Crippen molar-refractivity contribution < 1.29 is 18.1 Å². The molecule has 128 valence electrons. The van der Waals surface area contributed by atoms with E-state index in [9.17, 15) is 13.2 Å². The van der Waals surface area contributed by atoms with Crippen LogP contribution in [0.3, 0.4) is 0 Å². The molecule has 1 saturated heterocycles. The van der Waals surface area contributed by atoms with Crippen molar-refractivity contribution in [3.8, 4) is 0 Å². The first-order chi connectivity index (χ1) is 11.4. The average molecular weight is 356 g/mol. The molecule has 24 heavy (non-hydrogen) atoms. The van der Waals surface area contributed by atoms with Gasteiger partial charge in [-0.25, -0.2) is 0 Å². The van der Waals surface area contributed by atoms with Crippen molar-refractivity contribution in [1.82, 2.24) is 0 Å². The summed E-state index contributed by atoms with van der Waals surface area (Å²) in [6, 6.07) is 13.4. The van der Waals surface area contributed by atoms with Gasteiger partial charge in [0.1, 0.15) is 6.54 Å². The highest BCUT2D eigenvalue weighted by atomic mass is 35.5. The molecule has 3 rings (SSSR count). The molecule has 0 amide bonds. The van der Waals surface area contributed by atoms with Gasteiger partial charge in [-0.1, -0.05) is 35.9 Å². The molecule has 2 aromatic carbocycles. The maximum absolute atomic E-state index is 12.8. The molecular weight excluding hydrogens is 337 g/mol. The number of halogens is 4. The minimum Gasteiger partial charge on any atom is -0.360 e. The first-order valence-corrected chi connectivity index (χ1v) is 8.30. The van der Waals surface area contributed by atoms with E-state index in [1.54, 1.807) is 6.07 Å². The fourth-order valence-corrected chi connectivity index (χ4v) is 3.25. The monoisotopic (exact) mass is 355 g/mol. The highest BCUT2D eigenvalue weighted by molar-refractivity contribution is 6.31. The molecule has 0 atom stereocenters. The van der Waals surface area contributed by atoms with Gasteiger partial charge in [0.05, 0.1) is 31.7 Å². The summed E-state index contributed by atoms with van der Waals surface area (Å²) in [6.45, 7) is 4.07. The third-order valence-electron chi connectivity index (χ3n) is 4.41. The molecule has 2 nitrogen and oxygen atoms in total. The number of nitrogens with one attached hydrogen (secondary N) is 1. The molecule has 1 N–H and O–H groups in total. The summed E-state index contributed by atoms with van der Waals surface area (Å²) in [5.74, 6) is 0. The van der Waals surface area contributed by atoms with E-state index in [-0.39, 0.29) is 0 Å². The molecule has 1 aliphatic heterocycles. The van der Waals surface area contributed by atoms with Crippen LogP contribution in [0.2, 0.25) is 5.02 Å². The molecule has 6 heteroatoms. The highest BCUT2D eigenvalue weighted by Gasteiger charge is 2.31. The van der Waals surface area contributed by atoms with Gasteiger partial charge in [-0.2, -0.15) is 13.2 Å². The van der Waals surface area contributed by atoms with Crippen molar-refractivity contribution in [1.29, 1.82) is 0 Å². The average Bonchev–Trinajstić information content (AvgIpc) is 2.57. The van der Waals surface area contributed by atoms with Crippen molar-refractivity contribution in [2.24, 2.45) is 0 Å². The van der Waals surface area contributed by atoms with E-state index in [0.29, 0.717) is 5.69 Å². The fraction of sp³-hybridized carbons (Fsp3) is 0.333. The lowest BCUT2D eigenvalue weighted by molar-refractivity contribution is -0.914. The highest BCUT2D eigenvalue weighted by Crippen LogP contribution is 2.31. The second kappa shape index (κ2) is 7.03. The molecule has 0 spiro atoms. The van der Waals surface area contributed by atoms with Crippen LogP contribution >= 0.6 is 11.6 Å². The third kappa shape index (κ3) is 4.02. The molecule has 1 heterocycles. The number of hydrogen-bond donors (Lipinski definition) is 1. The number of rotatable bonds is 3. The Kier molecular flexibility index (Phi) is 5.01. The molecule has 1 aliphatic rings. The molecular formula is C18H19ClF3N2+. The Labute approximate surface area is 144 Å². The molecule has 2 aromatic rings. The van der Waals surface area contributed by atoms with Crippen LogP contribution in [0, 0.1) is 0 Å². The predicted molar refractivity (Wildman–Crippen MR) is 89.5 cm³/mol. The Balaban J connectivity index is 1.62. The number of alkyl halides is 3. The van der Waals surface area contributed by atoms with Crippen molar-refractivity contribution in [3.05, 3.63) is 64.7 Å². The van der Waals surface area contributed by atoms with Crippen LogP contribution < -0.4 is 9.80 Å². The number of quaternary nitrogens is 1. The van der Waals surface area contributed by atoms with E-state index in [0.717, 1.165) is 49.4 Å². The third-order valence-corrected chi connectivity index (χ3v) is 4.78. The Bertz CT molecular complexity index is 695. The van der Waals surface area contributed by atoms with Gasteiger partial charge in [0.2, 0.25) is 0 Å². The summed E-state index contributed by atoms with van der Waals surface area (Å²) in [6.07, 6.45) is -4.30. The summed E-state index contributed by atoms with van der Waals surface area (Å²) in [4.78, 5) is 3.41. The topological polar surface area (TPSA) is 7.68 Å². The van der Waals surface area contributed by atoms with Crippen molar-refractivity contribution in [3.63, 3.8) is 0 Å². The molecule has 0 radical (unpaired) electrons. The van der Waals surface area contributed by atoms with Crippen LogP contribution in [0.4, 0.5) is 18.9 Å². The van der Waals surface area contributed by atoms with E-state index < -0.39 is 11.7 Å². The van der Waals surface area contributed by atoms with Crippen molar-refractivity contribution >= 4 is 17.3 Å². The summed E-state index contributed by atoms with van der Waals surface area (Å²) < 4.78 is 38.5. The molecule has 1 fully saturated rings. The molecule has 0 unspecified atom stereocenters. The summed E-state index contributed by atoms with van der Waals surface area (Å²) in [5, 5.41) is 0.769. The Morgan fingerprint density at radius 1 is 1.00 bits per heavy atom. The Hall–Kier alpha value is -1.72. The van der Waals surface area contributed by atoms with Crippen LogP contribution in [0.25, 0.3) is 0 Å². The summed E-state index contributed by atoms with van der Waals surface area (Å²) >= 11 is 6.20. The zero-order valence-electron chi connectivity index (χ0n) is 13.1. The van der Waals surface area contributed by atoms with Crippen LogP contribution in [0.15, 0.2) is 48.5 Å². The zero-order chi connectivity index (χ0) is 17.2. The van der Waals surface area contributed by atoms with E-state index >= 15 is 0 Å². The van der Waals surface area contributed by atoms with Crippen LogP contribution in [-0.4, -0.2) is 26.2 Å². The maximum Gasteiger partial charge on any atom is 0.416 e. The quantitative estimate of drug-likeness (QED) is 0.888. The van der Waals surface area contributed by atoms with Crippen LogP contribution in [-0.2, 0) is 12.7 Å². The van der Waals surface area contributed by atoms with E-state index in [1.807, 2.05) is 29.2 Å². The number of piperazine rings is 1. The first-order valence-electron chi connectivity index (χ1n) is 7.92. The largest absolute Gasteiger partial charge is 0.416 e. The van der Waals surface area contributed by atoms with Gasteiger partial charge in [0, 0.05) is 16.3 Å². The van der Waals surface area contributed by atoms with Crippen molar-refractivity contribution in [2.45, 2.75) is 12.7 Å². The van der Waals surface area contributed by atoms with Crippen molar-refractivity contribution in [2.75, 3.05) is 31.1 Å². The van der Waals surface area contributed by atoms with Gasteiger partial charge in [-0.3, -0.25) is 0 Å². The standard InChI is InChI=1S/C18H18ClF3N2/c19-17-7-2-1-4-14(17)13-23-8-10-24(11-9-23)16-6-3-5-15(12-16)18(20,21)22/h1-7,12H,8-11,13H2/p+1. The smallest absolute Gasteiger partial charge is 0.360 e. The molecule has 0 aromatic heterocycles. The van der Waals surface area contributed by atoms with Gasteiger partial charge < -0.3 is 9.80 Å². The number of anilines is 1. The minimum absolute atomic E-state index is 0.592. The molecule has 0 aliphatic carbocycles. The SMILES string of the molecule is FC(F)(F)c1cccc(N2CC[NH+](Cc3ccccc3Cl)CC2)c1. The lowest BCUT2D eigenvalue weighted by Crippen LogP contribution is -3.13. The predicted octanol–water partition coefficient (Wildman–Crippen LogP) is 3.26. The number of benzene rings is 2. The lowest BCUT2D eigenvalue weighted by Gasteiger charge is -2.34. The second-order valence-corrected chi connectivity index (χ2v) is 6.46. The Morgan fingerprint density at radius 3 is 2.38 bits per heavy atom. The van der Waals surface area contributed by atoms with Gasteiger partial charge in [0.25, 0.3) is 0 Å². The van der Waals surface area contributed by atoms with Gasteiger partial charge in [-0.15, -0.1) is 0 Å². The van der Waals surface area contributed by atoms with Gasteiger partial charge >= 0.3 is 6.18 Å². The lowest BCUT2D eigenvalue weighted by atomic mass is 10.1. The van der Waals surface area contributed by atoms with E-state index in [2.05, 4.69) is 0 Å². The number of nitrogens with zero attached hydrogens (tertiary/aromatic N) is 1. The second-order valence-electron chi connectivity index (χ2n) is 6.05. The first kappa shape index (κ1) is 17.1.